The second-order valence-corrected chi connectivity index (χ2v) is 9.15. The minimum atomic E-state index is -3.63. The molecule has 28 heavy (non-hydrogen) atoms. The van der Waals surface area contributed by atoms with Crippen LogP contribution in [-0.4, -0.2) is 30.3 Å². The average molecular weight is 415 g/mol. The van der Waals surface area contributed by atoms with Crippen LogP contribution in [0.3, 0.4) is 0 Å². The minimum Gasteiger partial charge on any atom is -0.298 e. The van der Waals surface area contributed by atoms with Crippen LogP contribution in [0.4, 0.5) is 5.13 Å². The van der Waals surface area contributed by atoms with Crippen molar-refractivity contribution in [1.29, 1.82) is 0 Å². The van der Waals surface area contributed by atoms with Gasteiger partial charge in [-0.25, -0.2) is 18.1 Å². The fraction of sp³-hybridized carbons (Fsp3) is 0.211. The zero-order valence-electron chi connectivity index (χ0n) is 15.0. The summed E-state index contributed by atoms with van der Waals surface area (Å²) in [6.45, 7) is 1.76. The number of rotatable bonds is 6. The van der Waals surface area contributed by atoms with E-state index in [9.17, 15) is 13.2 Å². The maximum atomic E-state index is 12.7. The van der Waals surface area contributed by atoms with E-state index in [1.165, 1.54) is 23.5 Å². The molecule has 0 aliphatic heterocycles. The van der Waals surface area contributed by atoms with Crippen LogP contribution >= 0.6 is 11.3 Å². The minimum absolute atomic E-state index is 0.00363. The molecule has 7 nitrogen and oxygen atoms in total. The molecule has 1 amide bonds. The molecule has 0 atom stereocenters. The number of aryl methyl sites for hydroxylation is 1. The number of carbonyl (C=O) groups is 1. The fourth-order valence-electron chi connectivity index (χ4n) is 2.63. The van der Waals surface area contributed by atoms with Crippen molar-refractivity contribution in [2.45, 2.75) is 30.7 Å². The Morgan fingerprint density at radius 1 is 1.18 bits per heavy atom. The quantitative estimate of drug-likeness (QED) is 0.645. The third kappa shape index (κ3) is 4.11. The first-order valence-corrected chi connectivity index (χ1v) is 11.1. The van der Waals surface area contributed by atoms with Crippen LogP contribution in [-0.2, 0) is 10.0 Å². The summed E-state index contributed by atoms with van der Waals surface area (Å²) in [5.41, 5.74) is 2.37. The molecule has 1 aliphatic rings. The van der Waals surface area contributed by atoms with E-state index in [-0.39, 0.29) is 10.9 Å². The Hall–Kier alpha value is -2.62. The van der Waals surface area contributed by atoms with Crippen LogP contribution in [0.2, 0.25) is 0 Å². The summed E-state index contributed by atoms with van der Waals surface area (Å²) >= 11 is 1.29. The normalized spacial score (nSPS) is 14.0. The Kier molecular flexibility index (Phi) is 4.96. The summed E-state index contributed by atoms with van der Waals surface area (Å²) in [7, 11) is -3.63. The standard InChI is InChI=1S/C19H18N4O3S2/c1-12-5-8-14(28(25,26)23-13-6-7-13)10-15(12)18(24)22-19-21-17(11-27-19)16-4-2-3-9-20-16/h2-5,8-11,13,23H,6-7H2,1H3,(H,21,22,24). The molecule has 1 aliphatic carbocycles. The molecule has 0 spiro atoms. The number of nitrogens with one attached hydrogen (secondary N) is 2. The number of thiazole rings is 1. The van der Waals surface area contributed by atoms with Crippen LogP contribution in [0, 0.1) is 6.92 Å². The second-order valence-electron chi connectivity index (χ2n) is 6.58. The topological polar surface area (TPSA) is 101 Å². The Morgan fingerprint density at radius 2 is 2.00 bits per heavy atom. The highest BCUT2D eigenvalue weighted by molar-refractivity contribution is 7.89. The molecule has 0 radical (unpaired) electrons. The highest BCUT2D eigenvalue weighted by atomic mass is 32.2. The fourth-order valence-corrected chi connectivity index (χ4v) is 4.66. The van der Waals surface area contributed by atoms with E-state index in [0.29, 0.717) is 22.0 Å². The first-order valence-electron chi connectivity index (χ1n) is 8.74. The number of benzene rings is 1. The van der Waals surface area contributed by atoms with Crippen molar-refractivity contribution in [3.8, 4) is 11.4 Å². The zero-order valence-corrected chi connectivity index (χ0v) is 16.7. The summed E-state index contributed by atoms with van der Waals surface area (Å²) < 4.78 is 27.5. The number of anilines is 1. The molecular weight excluding hydrogens is 396 g/mol. The molecule has 144 valence electrons. The highest BCUT2D eigenvalue weighted by Gasteiger charge is 2.28. The van der Waals surface area contributed by atoms with Crippen LogP contribution in [0.1, 0.15) is 28.8 Å². The van der Waals surface area contributed by atoms with Crippen molar-refractivity contribution in [2.75, 3.05) is 5.32 Å². The molecule has 0 saturated heterocycles. The molecule has 9 heteroatoms. The Morgan fingerprint density at radius 3 is 2.71 bits per heavy atom. The van der Waals surface area contributed by atoms with Gasteiger partial charge in [-0.05, 0) is 49.6 Å². The Bertz CT molecular complexity index is 1120. The molecule has 2 heterocycles. The zero-order chi connectivity index (χ0) is 19.7. The molecule has 1 aromatic carbocycles. The monoisotopic (exact) mass is 414 g/mol. The molecule has 4 rings (SSSR count). The number of carbonyl (C=O) groups excluding carboxylic acids is 1. The average Bonchev–Trinajstić information content (AvgIpc) is 3.36. The van der Waals surface area contributed by atoms with E-state index in [1.54, 1.807) is 19.2 Å². The molecule has 2 aromatic heterocycles. The summed E-state index contributed by atoms with van der Waals surface area (Å²) in [5, 5.41) is 4.98. The Balaban J connectivity index is 1.55. The van der Waals surface area contributed by atoms with Gasteiger partial charge in [0.25, 0.3) is 5.91 Å². The smallest absolute Gasteiger partial charge is 0.257 e. The van der Waals surface area contributed by atoms with Crippen molar-refractivity contribution in [3.63, 3.8) is 0 Å². The molecule has 1 saturated carbocycles. The third-order valence-corrected chi connectivity index (χ3v) is 6.59. The SMILES string of the molecule is Cc1ccc(S(=O)(=O)NC2CC2)cc1C(=O)Nc1nc(-c2ccccn2)cs1. The van der Waals surface area contributed by atoms with Crippen molar-refractivity contribution in [3.05, 3.63) is 59.1 Å². The van der Waals surface area contributed by atoms with Gasteiger partial charge in [0.15, 0.2) is 5.13 Å². The van der Waals surface area contributed by atoms with Gasteiger partial charge in [-0.2, -0.15) is 0 Å². The summed E-state index contributed by atoms with van der Waals surface area (Å²) in [6.07, 6.45) is 3.38. The van der Waals surface area contributed by atoms with E-state index < -0.39 is 15.9 Å². The lowest BCUT2D eigenvalue weighted by molar-refractivity contribution is 0.102. The summed E-state index contributed by atoms with van der Waals surface area (Å²) in [5.74, 6) is -0.400. The van der Waals surface area contributed by atoms with Crippen LogP contribution in [0.25, 0.3) is 11.4 Å². The van der Waals surface area contributed by atoms with Gasteiger partial charge in [0.2, 0.25) is 10.0 Å². The highest BCUT2D eigenvalue weighted by Crippen LogP contribution is 2.25. The van der Waals surface area contributed by atoms with E-state index >= 15 is 0 Å². The number of hydrogen-bond donors (Lipinski definition) is 2. The van der Waals surface area contributed by atoms with Crippen LogP contribution in [0.15, 0.2) is 52.9 Å². The van der Waals surface area contributed by atoms with E-state index in [1.807, 2.05) is 23.6 Å². The number of pyridine rings is 1. The van der Waals surface area contributed by atoms with Gasteiger partial charge in [0, 0.05) is 23.2 Å². The van der Waals surface area contributed by atoms with Gasteiger partial charge < -0.3 is 0 Å². The molecule has 1 fully saturated rings. The van der Waals surface area contributed by atoms with Crippen LogP contribution in [0.5, 0.6) is 0 Å². The maximum absolute atomic E-state index is 12.7. The third-order valence-electron chi connectivity index (χ3n) is 4.32. The number of nitrogens with zero attached hydrogens (tertiary/aromatic N) is 2. The predicted octanol–water partition coefficient (Wildman–Crippen LogP) is 3.21. The summed E-state index contributed by atoms with van der Waals surface area (Å²) in [4.78, 5) is 21.4. The molecule has 0 bridgehead atoms. The molecule has 0 unspecified atom stereocenters. The van der Waals surface area contributed by atoms with Gasteiger partial charge in [0.1, 0.15) is 5.69 Å². The molecule has 2 N–H and O–H groups in total. The lowest BCUT2D eigenvalue weighted by atomic mass is 10.1. The number of aromatic nitrogens is 2. The van der Waals surface area contributed by atoms with Gasteiger partial charge in [0.05, 0.1) is 10.6 Å². The van der Waals surface area contributed by atoms with E-state index in [2.05, 4.69) is 20.0 Å². The van der Waals surface area contributed by atoms with E-state index in [4.69, 9.17) is 0 Å². The predicted molar refractivity (Wildman–Crippen MR) is 108 cm³/mol. The molecular formula is C19H18N4O3S2. The van der Waals surface area contributed by atoms with Crippen LogP contribution < -0.4 is 10.0 Å². The van der Waals surface area contributed by atoms with Gasteiger partial charge in [-0.1, -0.05) is 12.1 Å². The van der Waals surface area contributed by atoms with Gasteiger partial charge >= 0.3 is 0 Å². The number of amides is 1. The van der Waals surface area contributed by atoms with Gasteiger partial charge in [-0.3, -0.25) is 15.1 Å². The lowest BCUT2D eigenvalue weighted by Gasteiger charge is -2.10. The number of sulfonamides is 1. The van der Waals surface area contributed by atoms with Crippen molar-refractivity contribution in [2.24, 2.45) is 0 Å². The van der Waals surface area contributed by atoms with Gasteiger partial charge in [-0.15, -0.1) is 11.3 Å². The second kappa shape index (κ2) is 7.42. The van der Waals surface area contributed by atoms with Crippen molar-refractivity contribution < 1.29 is 13.2 Å². The lowest BCUT2D eigenvalue weighted by Crippen LogP contribution is -2.26. The first-order chi connectivity index (χ1) is 13.4. The van der Waals surface area contributed by atoms with Crippen molar-refractivity contribution >= 4 is 32.4 Å². The van der Waals surface area contributed by atoms with E-state index in [0.717, 1.165) is 18.5 Å². The van der Waals surface area contributed by atoms with Crippen molar-refractivity contribution in [1.82, 2.24) is 14.7 Å². The number of hydrogen-bond acceptors (Lipinski definition) is 6. The Labute approximate surface area is 166 Å². The summed E-state index contributed by atoms with van der Waals surface area (Å²) in [6, 6.07) is 10.1. The maximum Gasteiger partial charge on any atom is 0.257 e. The first kappa shape index (κ1) is 18.7. The molecule has 3 aromatic rings. The largest absolute Gasteiger partial charge is 0.298 e.